The molecule has 0 spiro atoms. The van der Waals surface area contributed by atoms with Crippen LogP contribution in [0.25, 0.3) is 0 Å². The zero-order valence-corrected chi connectivity index (χ0v) is 23.4. The van der Waals surface area contributed by atoms with E-state index in [9.17, 15) is 4.79 Å². The average molecular weight is 498 g/mol. The van der Waals surface area contributed by atoms with Crippen LogP contribution in [0.15, 0.2) is 24.3 Å². The Morgan fingerprint density at radius 3 is 2.26 bits per heavy atom. The zero-order valence-electron chi connectivity index (χ0n) is 22.4. The molecule has 1 amide bonds. The van der Waals surface area contributed by atoms with Crippen LogP contribution in [0.3, 0.4) is 0 Å². The summed E-state index contributed by atoms with van der Waals surface area (Å²) >= 11 is 0. The van der Waals surface area contributed by atoms with E-state index in [4.69, 9.17) is 19.1 Å². The maximum Gasteiger partial charge on any atom is 0.243 e. The number of fused-ring (bicyclic) bond motifs is 1. The van der Waals surface area contributed by atoms with E-state index in [2.05, 4.69) is 56.2 Å². The number of anilines is 4. The highest BCUT2D eigenvalue weighted by Gasteiger charge is 2.48. The van der Waals surface area contributed by atoms with Crippen molar-refractivity contribution in [3.05, 3.63) is 35.7 Å². The minimum absolute atomic E-state index is 0.0140. The average Bonchev–Trinajstić information content (AvgIpc) is 3.02. The zero-order chi connectivity index (χ0) is 25.6. The van der Waals surface area contributed by atoms with Crippen LogP contribution in [0.5, 0.6) is 0 Å². The van der Waals surface area contributed by atoms with Gasteiger partial charge in [-0.1, -0.05) is 20.8 Å². The number of amides is 1. The molecule has 9 heteroatoms. The third-order valence-corrected chi connectivity index (χ3v) is 12.1. The standard InChI is InChI=1S/C26H39N5O3Si/c1-25(2,3)35(7,8)34-17-20-28-22(27-6)21-23(29-20)31(24(32)26(21,4)5)19-11-9-18(10-12-19)30-13-15-33-16-14-30/h9-12H,13-17H2,1-8H3,(H,27,28,29). The maximum absolute atomic E-state index is 13.7. The fraction of sp³-hybridized carbons (Fsp3) is 0.577. The normalized spacial score (nSPS) is 18.1. The van der Waals surface area contributed by atoms with Crippen molar-refractivity contribution in [2.45, 2.75) is 64.8 Å². The van der Waals surface area contributed by atoms with Gasteiger partial charge < -0.3 is 19.4 Å². The Bertz CT molecular complexity index is 1090. The van der Waals surface area contributed by atoms with Gasteiger partial charge in [0.1, 0.15) is 11.6 Å². The number of hydrogen-bond acceptors (Lipinski definition) is 7. The van der Waals surface area contributed by atoms with Crippen LogP contribution in [-0.2, 0) is 26.0 Å². The van der Waals surface area contributed by atoms with Crippen LogP contribution in [0, 0.1) is 0 Å². The summed E-state index contributed by atoms with van der Waals surface area (Å²) < 4.78 is 11.9. The topological polar surface area (TPSA) is 79.8 Å². The van der Waals surface area contributed by atoms with Crippen LogP contribution in [0.1, 0.15) is 46.0 Å². The molecule has 0 bridgehead atoms. The summed E-state index contributed by atoms with van der Waals surface area (Å²) in [7, 11) is -0.146. The van der Waals surface area contributed by atoms with E-state index in [1.165, 1.54) is 0 Å². The third kappa shape index (κ3) is 4.69. The van der Waals surface area contributed by atoms with Gasteiger partial charge in [-0.05, 0) is 56.2 Å². The van der Waals surface area contributed by atoms with E-state index in [-0.39, 0.29) is 10.9 Å². The largest absolute Gasteiger partial charge is 0.409 e. The number of rotatable bonds is 6. The van der Waals surface area contributed by atoms with E-state index in [0.717, 1.165) is 43.2 Å². The van der Waals surface area contributed by atoms with Crippen molar-refractivity contribution in [2.24, 2.45) is 0 Å². The number of benzene rings is 1. The number of carbonyl (C=O) groups excluding carboxylic acids is 1. The lowest BCUT2D eigenvalue weighted by molar-refractivity contribution is -0.121. The second-order valence-corrected chi connectivity index (χ2v) is 16.2. The fourth-order valence-corrected chi connectivity index (χ4v) is 5.22. The number of carbonyl (C=O) groups is 1. The van der Waals surface area contributed by atoms with E-state index in [0.29, 0.717) is 24.1 Å². The van der Waals surface area contributed by atoms with E-state index in [1.807, 2.05) is 33.0 Å². The molecule has 1 fully saturated rings. The quantitative estimate of drug-likeness (QED) is 0.573. The summed E-state index contributed by atoms with van der Waals surface area (Å²) in [5.74, 6) is 1.88. The fourth-order valence-electron chi connectivity index (χ4n) is 4.29. The highest BCUT2D eigenvalue weighted by atomic mass is 28.4. The lowest BCUT2D eigenvalue weighted by Crippen LogP contribution is -2.40. The number of morpholine rings is 1. The molecule has 8 nitrogen and oxygen atoms in total. The SMILES string of the molecule is CNc1nc(CO[Si](C)(C)C(C)(C)C)nc2c1C(C)(C)C(=O)N2c1ccc(N2CCOCC2)cc1. The Morgan fingerprint density at radius 2 is 1.69 bits per heavy atom. The van der Waals surface area contributed by atoms with Crippen LogP contribution in [-0.4, -0.2) is 57.5 Å². The van der Waals surface area contributed by atoms with Gasteiger partial charge in [0.05, 0.1) is 36.5 Å². The van der Waals surface area contributed by atoms with Gasteiger partial charge in [0, 0.05) is 25.8 Å². The van der Waals surface area contributed by atoms with Crippen molar-refractivity contribution in [1.82, 2.24) is 9.97 Å². The molecule has 2 aliphatic heterocycles. The molecule has 35 heavy (non-hydrogen) atoms. The summed E-state index contributed by atoms with van der Waals surface area (Å²) in [5.41, 5.74) is 1.99. The molecule has 0 aliphatic carbocycles. The van der Waals surface area contributed by atoms with Gasteiger partial charge in [-0.25, -0.2) is 9.97 Å². The molecular formula is C26H39N5O3Si. The van der Waals surface area contributed by atoms with E-state index in [1.54, 1.807) is 4.90 Å². The predicted octanol–water partition coefficient (Wildman–Crippen LogP) is 4.83. The smallest absolute Gasteiger partial charge is 0.243 e. The van der Waals surface area contributed by atoms with Crippen molar-refractivity contribution in [1.29, 1.82) is 0 Å². The maximum atomic E-state index is 13.7. The van der Waals surface area contributed by atoms with Crippen molar-refractivity contribution in [2.75, 3.05) is 48.5 Å². The summed E-state index contributed by atoms with van der Waals surface area (Å²) in [6.45, 7) is 18.5. The molecule has 3 heterocycles. The van der Waals surface area contributed by atoms with Gasteiger partial charge in [0.15, 0.2) is 14.1 Å². The van der Waals surface area contributed by atoms with E-state index >= 15 is 0 Å². The van der Waals surface area contributed by atoms with Crippen molar-refractivity contribution in [3.63, 3.8) is 0 Å². The minimum atomic E-state index is -1.98. The van der Waals surface area contributed by atoms with Crippen molar-refractivity contribution in [3.8, 4) is 0 Å². The van der Waals surface area contributed by atoms with Gasteiger partial charge in [-0.15, -0.1) is 0 Å². The molecule has 1 saturated heterocycles. The van der Waals surface area contributed by atoms with Crippen LogP contribution < -0.4 is 15.1 Å². The van der Waals surface area contributed by atoms with Crippen molar-refractivity contribution >= 4 is 37.2 Å². The minimum Gasteiger partial charge on any atom is -0.409 e. The van der Waals surface area contributed by atoms with Gasteiger partial charge in [0.25, 0.3) is 0 Å². The first-order valence-corrected chi connectivity index (χ1v) is 15.3. The summed E-state index contributed by atoms with van der Waals surface area (Å²) in [5, 5.41) is 3.29. The number of hydrogen-bond donors (Lipinski definition) is 1. The van der Waals surface area contributed by atoms with Gasteiger partial charge in [-0.2, -0.15) is 0 Å². The molecule has 1 aromatic carbocycles. The lowest BCUT2D eigenvalue weighted by atomic mass is 9.87. The molecule has 2 aliphatic rings. The number of ether oxygens (including phenoxy) is 1. The summed E-state index contributed by atoms with van der Waals surface area (Å²) in [4.78, 5) is 27.4. The summed E-state index contributed by atoms with van der Waals surface area (Å²) in [6.07, 6.45) is 0. The Balaban J connectivity index is 1.70. The molecule has 0 unspecified atom stereocenters. The molecule has 0 saturated carbocycles. The number of nitrogens with zero attached hydrogens (tertiary/aromatic N) is 4. The highest BCUT2D eigenvalue weighted by Crippen LogP contribution is 2.47. The van der Waals surface area contributed by atoms with Crippen LogP contribution in [0.2, 0.25) is 18.1 Å². The summed E-state index contributed by atoms with van der Waals surface area (Å²) in [6, 6.07) is 8.14. The monoisotopic (exact) mass is 497 g/mol. The van der Waals surface area contributed by atoms with Gasteiger partial charge in [0.2, 0.25) is 5.91 Å². The highest BCUT2D eigenvalue weighted by molar-refractivity contribution is 6.74. The first-order chi connectivity index (χ1) is 16.4. The van der Waals surface area contributed by atoms with Crippen LogP contribution in [0.4, 0.5) is 23.0 Å². The number of nitrogens with one attached hydrogen (secondary N) is 1. The molecule has 0 radical (unpaired) electrons. The molecule has 0 atom stereocenters. The van der Waals surface area contributed by atoms with E-state index < -0.39 is 13.7 Å². The second kappa shape index (κ2) is 9.18. The number of aromatic nitrogens is 2. The molecule has 1 aromatic heterocycles. The Kier molecular flexibility index (Phi) is 6.72. The molecule has 4 rings (SSSR count). The molecule has 2 aromatic rings. The Morgan fingerprint density at radius 1 is 1.09 bits per heavy atom. The first-order valence-electron chi connectivity index (χ1n) is 12.4. The Hall–Kier alpha value is -2.49. The third-order valence-electron chi connectivity index (χ3n) is 7.60. The van der Waals surface area contributed by atoms with Gasteiger partial charge >= 0.3 is 0 Å². The lowest BCUT2D eigenvalue weighted by Gasteiger charge is -2.35. The first kappa shape index (κ1) is 25.6. The van der Waals surface area contributed by atoms with Crippen molar-refractivity contribution < 1.29 is 14.0 Å². The molecule has 190 valence electrons. The predicted molar refractivity (Wildman–Crippen MR) is 143 cm³/mol. The molecule has 1 N–H and O–H groups in total. The second-order valence-electron chi connectivity index (χ2n) is 11.4. The van der Waals surface area contributed by atoms with Gasteiger partial charge in [-0.3, -0.25) is 9.69 Å². The Labute approximate surface area is 210 Å². The van der Waals surface area contributed by atoms with Crippen LogP contribution >= 0.6 is 0 Å². The molecular weight excluding hydrogens is 458 g/mol.